The smallest absolute Gasteiger partial charge is 0.261 e. The zero-order chi connectivity index (χ0) is 23.1. The van der Waals surface area contributed by atoms with E-state index in [2.05, 4.69) is 20.6 Å². The van der Waals surface area contributed by atoms with Crippen molar-refractivity contribution in [1.29, 1.82) is 0 Å². The number of aromatic nitrogens is 3. The number of carbonyl (C=O) groups excluding carboxylic acids is 2. The third-order valence-corrected chi connectivity index (χ3v) is 5.90. The van der Waals surface area contributed by atoms with Gasteiger partial charge in [0, 0.05) is 17.6 Å². The van der Waals surface area contributed by atoms with E-state index in [1.54, 1.807) is 29.4 Å². The van der Waals surface area contributed by atoms with Crippen LogP contribution in [0.2, 0.25) is 0 Å². The van der Waals surface area contributed by atoms with E-state index in [0.717, 1.165) is 0 Å². The Labute approximate surface area is 192 Å². The molecule has 0 fully saturated rings. The zero-order valence-corrected chi connectivity index (χ0v) is 19.4. The molecule has 3 aromatic rings. The molecule has 170 valence electrons. The third kappa shape index (κ3) is 5.56. The topological polar surface area (TPSA) is 124 Å². The lowest BCUT2D eigenvalue weighted by atomic mass is 10.2. The molecule has 3 rings (SSSR count). The lowest BCUT2D eigenvalue weighted by molar-refractivity contribution is -0.127. The predicted octanol–water partition coefficient (Wildman–Crippen LogP) is 1.75. The van der Waals surface area contributed by atoms with Gasteiger partial charge in [0.25, 0.3) is 5.56 Å². The van der Waals surface area contributed by atoms with Crippen molar-refractivity contribution in [2.24, 2.45) is 0 Å². The number of hydrogen-bond acceptors (Lipinski definition) is 9. The van der Waals surface area contributed by atoms with Crippen LogP contribution >= 0.6 is 23.1 Å². The number of carbonyl (C=O) groups is 2. The van der Waals surface area contributed by atoms with Crippen molar-refractivity contribution < 1.29 is 19.1 Å². The SMILES string of the molecule is COc1cc2ncn(CC(=O)NC(CCSC)C(=O)Nc3nccs3)c(=O)c2cc1OC. The van der Waals surface area contributed by atoms with E-state index in [1.165, 1.54) is 42.5 Å². The fourth-order valence-electron chi connectivity index (χ4n) is 2.97. The highest BCUT2D eigenvalue weighted by Gasteiger charge is 2.22. The highest BCUT2D eigenvalue weighted by molar-refractivity contribution is 7.98. The van der Waals surface area contributed by atoms with Crippen molar-refractivity contribution in [3.8, 4) is 11.5 Å². The Morgan fingerprint density at radius 2 is 1.97 bits per heavy atom. The van der Waals surface area contributed by atoms with Crippen LogP contribution in [-0.2, 0) is 16.1 Å². The monoisotopic (exact) mass is 477 g/mol. The number of nitrogens with zero attached hydrogens (tertiary/aromatic N) is 3. The summed E-state index contributed by atoms with van der Waals surface area (Å²) in [7, 11) is 2.96. The molecule has 0 aliphatic carbocycles. The number of amides is 2. The molecule has 12 heteroatoms. The van der Waals surface area contributed by atoms with E-state index in [-0.39, 0.29) is 12.5 Å². The van der Waals surface area contributed by atoms with Crippen molar-refractivity contribution in [3.05, 3.63) is 40.4 Å². The van der Waals surface area contributed by atoms with Crippen LogP contribution in [0.5, 0.6) is 11.5 Å². The summed E-state index contributed by atoms with van der Waals surface area (Å²) in [4.78, 5) is 46.4. The molecule has 0 saturated heterocycles. The molecule has 10 nitrogen and oxygen atoms in total. The summed E-state index contributed by atoms with van der Waals surface area (Å²) in [5.41, 5.74) is 0.0176. The molecule has 1 aromatic carbocycles. The average Bonchev–Trinajstić information content (AvgIpc) is 3.30. The van der Waals surface area contributed by atoms with Crippen molar-refractivity contribution in [3.63, 3.8) is 0 Å². The molecule has 0 radical (unpaired) electrons. The predicted molar refractivity (Wildman–Crippen MR) is 125 cm³/mol. The molecule has 2 heterocycles. The highest BCUT2D eigenvalue weighted by Crippen LogP contribution is 2.29. The first-order valence-electron chi connectivity index (χ1n) is 9.56. The van der Waals surface area contributed by atoms with E-state index in [9.17, 15) is 14.4 Å². The lowest BCUT2D eigenvalue weighted by Crippen LogP contribution is -2.46. The summed E-state index contributed by atoms with van der Waals surface area (Å²) >= 11 is 2.85. The average molecular weight is 478 g/mol. The van der Waals surface area contributed by atoms with Crippen molar-refractivity contribution in [2.75, 3.05) is 31.5 Å². The van der Waals surface area contributed by atoms with Crippen LogP contribution in [0.15, 0.2) is 34.8 Å². The van der Waals surface area contributed by atoms with Gasteiger partial charge in [0.1, 0.15) is 12.6 Å². The van der Waals surface area contributed by atoms with Gasteiger partial charge in [-0.15, -0.1) is 11.3 Å². The van der Waals surface area contributed by atoms with Gasteiger partial charge in [0.15, 0.2) is 16.6 Å². The number of rotatable bonds is 10. The van der Waals surface area contributed by atoms with Gasteiger partial charge in [-0.05, 0) is 24.5 Å². The van der Waals surface area contributed by atoms with E-state index >= 15 is 0 Å². The molecule has 0 saturated carbocycles. The maximum atomic E-state index is 12.9. The first-order chi connectivity index (χ1) is 15.5. The largest absolute Gasteiger partial charge is 0.493 e. The Morgan fingerprint density at radius 3 is 2.62 bits per heavy atom. The fourth-order valence-corrected chi connectivity index (χ4v) is 3.98. The second-order valence-corrected chi connectivity index (χ2v) is 8.51. The van der Waals surface area contributed by atoms with Gasteiger partial charge in [-0.3, -0.25) is 19.0 Å². The summed E-state index contributed by atoms with van der Waals surface area (Å²) in [6, 6.07) is 2.37. The molecule has 0 aliphatic heterocycles. The van der Waals surface area contributed by atoms with Crippen LogP contribution in [0.1, 0.15) is 6.42 Å². The number of fused-ring (bicyclic) bond motifs is 1. The van der Waals surface area contributed by atoms with Crippen LogP contribution in [0.4, 0.5) is 5.13 Å². The normalized spacial score (nSPS) is 11.7. The number of thioether (sulfide) groups is 1. The van der Waals surface area contributed by atoms with Gasteiger partial charge in [0.2, 0.25) is 11.8 Å². The van der Waals surface area contributed by atoms with E-state index in [4.69, 9.17) is 9.47 Å². The second-order valence-electron chi connectivity index (χ2n) is 6.63. The number of hydrogen-bond donors (Lipinski definition) is 2. The molecule has 0 spiro atoms. The van der Waals surface area contributed by atoms with E-state index in [0.29, 0.717) is 39.7 Å². The first-order valence-corrected chi connectivity index (χ1v) is 11.8. The van der Waals surface area contributed by atoms with Crippen molar-refractivity contribution in [2.45, 2.75) is 19.0 Å². The Morgan fingerprint density at radius 1 is 1.22 bits per heavy atom. The highest BCUT2D eigenvalue weighted by atomic mass is 32.2. The van der Waals surface area contributed by atoms with Crippen LogP contribution in [0.3, 0.4) is 0 Å². The van der Waals surface area contributed by atoms with Gasteiger partial charge in [0.05, 0.1) is 31.4 Å². The quantitative estimate of drug-likeness (QED) is 0.453. The summed E-state index contributed by atoms with van der Waals surface area (Å²) in [6.07, 6.45) is 5.23. The van der Waals surface area contributed by atoms with E-state index in [1.807, 2.05) is 6.26 Å². The Hall–Kier alpha value is -3.12. The number of nitrogens with one attached hydrogen (secondary N) is 2. The van der Waals surface area contributed by atoms with Gasteiger partial charge < -0.3 is 20.1 Å². The van der Waals surface area contributed by atoms with Gasteiger partial charge in [-0.25, -0.2) is 9.97 Å². The standard InChI is InChI=1S/C20H23N5O5S2/c1-29-15-8-12-14(9-16(15)30-2)22-11-25(19(12)28)10-17(26)23-13(4-6-31-3)18(27)24-20-21-5-7-32-20/h5,7-9,11,13H,4,6,10H2,1-3H3,(H,23,26)(H,21,24,27). The molecule has 1 atom stereocenters. The maximum Gasteiger partial charge on any atom is 0.261 e. The van der Waals surface area contributed by atoms with Gasteiger partial charge in [-0.2, -0.15) is 11.8 Å². The molecular formula is C20H23N5O5S2. The molecule has 2 amide bonds. The Balaban J connectivity index is 1.77. The number of benzene rings is 1. The maximum absolute atomic E-state index is 12.9. The number of methoxy groups -OCH3 is 2. The van der Waals surface area contributed by atoms with Crippen LogP contribution in [-0.4, -0.2) is 58.6 Å². The zero-order valence-electron chi connectivity index (χ0n) is 17.8. The lowest BCUT2D eigenvalue weighted by Gasteiger charge is -2.18. The van der Waals surface area contributed by atoms with Crippen molar-refractivity contribution in [1.82, 2.24) is 19.9 Å². The molecule has 32 heavy (non-hydrogen) atoms. The minimum atomic E-state index is -0.757. The second kappa shape index (κ2) is 11.0. The summed E-state index contributed by atoms with van der Waals surface area (Å²) in [6.45, 7) is -0.281. The summed E-state index contributed by atoms with van der Waals surface area (Å²) in [5.74, 6) is 0.676. The Bertz CT molecular complexity index is 1150. The van der Waals surface area contributed by atoms with Crippen LogP contribution in [0.25, 0.3) is 10.9 Å². The molecule has 0 bridgehead atoms. The molecule has 0 aliphatic rings. The molecule has 1 unspecified atom stereocenters. The number of thiazole rings is 1. The fraction of sp³-hybridized carbons (Fsp3) is 0.350. The number of anilines is 1. The number of ether oxygens (including phenoxy) is 2. The van der Waals surface area contributed by atoms with Gasteiger partial charge in [-0.1, -0.05) is 0 Å². The Kier molecular flexibility index (Phi) is 8.06. The van der Waals surface area contributed by atoms with Gasteiger partial charge >= 0.3 is 0 Å². The minimum Gasteiger partial charge on any atom is -0.493 e. The molecule has 2 aromatic heterocycles. The van der Waals surface area contributed by atoms with Crippen LogP contribution < -0.4 is 25.7 Å². The van der Waals surface area contributed by atoms with Crippen molar-refractivity contribution >= 4 is 50.9 Å². The summed E-state index contributed by atoms with van der Waals surface area (Å²) in [5, 5.41) is 7.90. The van der Waals surface area contributed by atoms with E-state index < -0.39 is 17.5 Å². The molecular weight excluding hydrogens is 454 g/mol. The first kappa shape index (κ1) is 23.5. The third-order valence-electron chi connectivity index (χ3n) is 4.57. The minimum absolute atomic E-state index is 0.281. The van der Waals surface area contributed by atoms with Crippen LogP contribution in [0, 0.1) is 0 Å². The molecule has 2 N–H and O–H groups in total. The summed E-state index contributed by atoms with van der Waals surface area (Å²) < 4.78 is 11.7.